The van der Waals surface area contributed by atoms with Gasteiger partial charge >= 0.3 is 6.36 Å². The zero-order valence-electron chi connectivity index (χ0n) is 19.6. The van der Waals surface area contributed by atoms with Crippen LogP contribution in [0.15, 0.2) is 42.5 Å². The number of carbonyl (C=O) groups is 1. The molecule has 2 aromatic carbocycles. The minimum atomic E-state index is -4.73. The molecule has 0 spiro atoms. The molecule has 0 saturated carbocycles. The van der Waals surface area contributed by atoms with Crippen LogP contribution < -0.4 is 4.74 Å². The summed E-state index contributed by atoms with van der Waals surface area (Å²) in [5.41, 5.74) is 3.87. The molecule has 8 heteroatoms. The first-order valence-corrected chi connectivity index (χ1v) is 12.5. The molecule has 2 saturated heterocycles. The molecule has 1 aliphatic carbocycles. The van der Waals surface area contributed by atoms with Crippen molar-refractivity contribution in [1.29, 1.82) is 0 Å². The minimum Gasteiger partial charge on any atom is -0.406 e. The van der Waals surface area contributed by atoms with Crippen molar-refractivity contribution in [2.45, 2.75) is 50.4 Å². The van der Waals surface area contributed by atoms with Crippen LogP contribution in [-0.2, 0) is 4.79 Å². The average Bonchev–Trinajstić information content (AvgIpc) is 3.13. The number of benzene rings is 2. The maximum absolute atomic E-state index is 13.5. The molecule has 5 nitrogen and oxygen atoms in total. The van der Waals surface area contributed by atoms with Crippen LogP contribution in [0.25, 0.3) is 11.1 Å². The largest absolute Gasteiger partial charge is 0.573 e. The second-order valence-corrected chi connectivity index (χ2v) is 9.88. The van der Waals surface area contributed by atoms with E-state index in [1.165, 1.54) is 17.7 Å². The van der Waals surface area contributed by atoms with E-state index in [-0.39, 0.29) is 30.2 Å². The van der Waals surface area contributed by atoms with E-state index < -0.39 is 6.36 Å². The average molecular weight is 489 g/mol. The Kier molecular flexibility index (Phi) is 6.77. The molecule has 2 atom stereocenters. The first kappa shape index (κ1) is 24.1. The Morgan fingerprint density at radius 2 is 1.77 bits per heavy atom. The molecule has 2 heterocycles. The molecule has 0 unspecified atom stereocenters. The molecule has 1 N–H and O–H groups in total. The Balaban J connectivity index is 1.33. The monoisotopic (exact) mass is 488 g/mol. The summed E-state index contributed by atoms with van der Waals surface area (Å²) >= 11 is 0. The number of hydrogen-bond acceptors (Lipinski definition) is 4. The lowest BCUT2D eigenvalue weighted by atomic mass is 9.91. The third-order valence-corrected chi connectivity index (χ3v) is 7.74. The highest BCUT2D eigenvalue weighted by Crippen LogP contribution is 2.50. The third-order valence-electron chi connectivity index (χ3n) is 7.74. The zero-order chi connectivity index (χ0) is 24.6. The summed E-state index contributed by atoms with van der Waals surface area (Å²) in [7, 11) is 0. The quantitative estimate of drug-likeness (QED) is 0.614. The van der Waals surface area contributed by atoms with Gasteiger partial charge in [-0.2, -0.15) is 0 Å². The number of ether oxygens (including phenoxy) is 1. The smallest absolute Gasteiger partial charge is 0.406 e. The number of piperidine rings is 2. The normalized spacial score (nSPS) is 22.8. The summed E-state index contributed by atoms with van der Waals surface area (Å²) in [6.07, 6.45) is -0.427. The van der Waals surface area contributed by atoms with Gasteiger partial charge in [0.05, 0.1) is 6.04 Å². The topological polar surface area (TPSA) is 53.0 Å². The minimum absolute atomic E-state index is 0.0261. The maximum Gasteiger partial charge on any atom is 0.573 e. The first-order valence-electron chi connectivity index (χ1n) is 12.5. The summed E-state index contributed by atoms with van der Waals surface area (Å²) in [5, 5.41) is 9.06. The molecule has 0 radical (unpaired) electrons. The van der Waals surface area contributed by atoms with E-state index in [9.17, 15) is 18.0 Å². The molecule has 0 aromatic heterocycles. The number of rotatable bonds is 6. The number of hydrogen-bond donors (Lipinski definition) is 1. The Morgan fingerprint density at radius 1 is 1.00 bits per heavy atom. The number of alkyl halides is 3. The number of halogens is 3. The maximum atomic E-state index is 13.5. The van der Waals surface area contributed by atoms with Crippen molar-refractivity contribution in [2.75, 3.05) is 32.8 Å². The summed E-state index contributed by atoms with van der Waals surface area (Å²) < 4.78 is 42.1. The number of aliphatic hydroxyl groups is 1. The van der Waals surface area contributed by atoms with Crippen LogP contribution in [0.4, 0.5) is 13.2 Å². The highest BCUT2D eigenvalue weighted by molar-refractivity contribution is 5.80. The Labute approximate surface area is 203 Å². The van der Waals surface area contributed by atoms with Gasteiger partial charge in [0.1, 0.15) is 5.75 Å². The first-order chi connectivity index (χ1) is 16.8. The fraction of sp³-hybridized carbons (Fsp3) is 0.519. The van der Waals surface area contributed by atoms with Gasteiger partial charge < -0.3 is 19.6 Å². The standard InChI is InChI=1S/C27H31F3N2O3/c28-27(29,30)35-22-4-1-3-19(15-22)20-5-6-23-21-9-13-32(25(17-21)24(23)16-20)26(34)18-7-11-31(12-8-18)10-2-14-33/h1,3-6,15-16,18,21,25,33H,2,7-14,17H2/t21-,25+/m1/s1. The van der Waals surface area contributed by atoms with Crippen molar-refractivity contribution in [1.82, 2.24) is 9.80 Å². The number of nitrogens with zero attached hydrogens (tertiary/aromatic N) is 2. The van der Waals surface area contributed by atoms with E-state index in [1.54, 1.807) is 12.1 Å². The van der Waals surface area contributed by atoms with Crippen LogP contribution in [0.5, 0.6) is 5.75 Å². The van der Waals surface area contributed by atoms with Crippen LogP contribution in [0.1, 0.15) is 55.2 Å². The molecule has 5 rings (SSSR count). The lowest BCUT2D eigenvalue weighted by Gasteiger charge is -2.39. The lowest BCUT2D eigenvalue weighted by Crippen LogP contribution is -2.45. The van der Waals surface area contributed by atoms with Crippen molar-refractivity contribution < 1.29 is 27.8 Å². The highest BCUT2D eigenvalue weighted by Gasteiger charge is 2.42. The van der Waals surface area contributed by atoms with E-state index in [0.717, 1.165) is 69.4 Å². The third kappa shape index (κ3) is 5.19. The molecule has 2 bridgehead atoms. The van der Waals surface area contributed by atoms with Crippen LogP contribution in [-0.4, -0.2) is 60.0 Å². The van der Waals surface area contributed by atoms with Gasteiger partial charge in [-0.05, 0) is 91.6 Å². The predicted octanol–water partition coefficient (Wildman–Crippen LogP) is 5.11. The van der Waals surface area contributed by atoms with E-state index in [0.29, 0.717) is 11.5 Å². The van der Waals surface area contributed by atoms with E-state index >= 15 is 0 Å². The summed E-state index contributed by atoms with van der Waals surface area (Å²) in [6.45, 7) is 3.58. The second kappa shape index (κ2) is 9.82. The van der Waals surface area contributed by atoms with Crippen molar-refractivity contribution in [3.63, 3.8) is 0 Å². The van der Waals surface area contributed by atoms with Crippen LogP contribution in [0, 0.1) is 5.92 Å². The summed E-state index contributed by atoms with van der Waals surface area (Å²) in [6, 6.07) is 12.2. The van der Waals surface area contributed by atoms with Gasteiger partial charge in [0.15, 0.2) is 0 Å². The fourth-order valence-electron chi connectivity index (χ4n) is 6.03. The van der Waals surface area contributed by atoms with Gasteiger partial charge in [0, 0.05) is 25.6 Å². The van der Waals surface area contributed by atoms with Crippen LogP contribution in [0.3, 0.4) is 0 Å². The van der Waals surface area contributed by atoms with Crippen molar-refractivity contribution >= 4 is 5.91 Å². The molecule has 35 heavy (non-hydrogen) atoms. The Bertz CT molecular complexity index is 1070. The number of aliphatic hydroxyl groups excluding tert-OH is 1. The van der Waals surface area contributed by atoms with E-state index in [1.807, 2.05) is 6.07 Å². The second-order valence-electron chi connectivity index (χ2n) is 9.88. The van der Waals surface area contributed by atoms with Crippen LogP contribution in [0.2, 0.25) is 0 Å². The molecule has 2 fully saturated rings. The summed E-state index contributed by atoms with van der Waals surface area (Å²) in [4.78, 5) is 17.9. The van der Waals surface area contributed by atoms with Crippen LogP contribution >= 0.6 is 0 Å². The number of carbonyl (C=O) groups excluding carboxylic acids is 1. The number of fused-ring (bicyclic) bond motifs is 5. The van der Waals surface area contributed by atoms with Gasteiger partial charge in [-0.3, -0.25) is 4.79 Å². The van der Waals surface area contributed by atoms with Crippen molar-refractivity contribution in [2.24, 2.45) is 5.92 Å². The highest BCUT2D eigenvalue weighted by atomic mass is 19.4. The molecule has 188 valence electrons. The zero-order valence-corrected chi connectivity index (χ0v) is 19.6. The number of likely N-dealkylation sites (tertiary alicyclic amines) is 2. The molecule has 2 aromatic rings. The van der Waals surface area contributed by atoms with Gasteiger partial charge in [-0.15, -0.1) is 13.2 Å². The molecular weight excluding hydrogens is 457 g/mol. The van der Waals surface area contributed by atoms with Gasteiger partial charge in [-0.1, -0.05) is 24.3 Å². The van der Waals surface area contributed by atoms with Gasteiger partial charge in [-0.25, -0.2) is 0 Å². The SMILES string of the molecule is O=C(C1CCN(CCCO)CC1)N1CC[C@@H]2C[C@H]1c1cc(-c3cccc(OC(F)(F)F)c3)ccc12. The Morgan fingerprint density at radius 3 is 2.51 bits per heavy atom. The van der Waals surface area contributed by atoms with Gasteiger partial charge in [0.2, 0.25) is 5.91 Å². The van der Waals surface area contributed by atoms with Crippen molar-refractivity contribution in [3.8, 4) is 16.9 Å². The van der Waals surface area contributed by atoms with E-state index in [4.69, 9.17) is 5.11 Å². The number of amides is 1. The van der Waals surface area contributed by atoms with Crippen molar-refractivity contribution in [3.05, 3.63) is 53.6 Å². The fourth-order valence-corrected chi connectivity index (χ4v) is 6.03. The molecular formula is C27H31F3N2O3. The summed E-state index contributed by atoms with van der Waals surface area (Å²) in [5.74, 6) is 0.444. The molecule has 1 amide bonds. The Hall–Kier alpha value is -2.58. The lowest BCUT2D eigenvalue weighted by molar-refractivity contribution is -0.274. The van der Waals surface area contributed by atoms with Gasteiger partial charge in [0.25, 0.3) is 0 Å². The van der Waals surface area contributed by atoms with E-state index in [2.05, 4.69) is 26.7 Å². The predicted molar refractivity (Wildman–Crippen MR) is 126 cm³/mol. The molecule has 2 aliphatic heterocycles. The molecule has 3 aliphatic rings.